The van der Waals surface area contributed by atoms with Crippen molar-refractivity contribution < 1.29 is 14.3 Å². The molecule has 2 aromatic carbocycles. The second-order valence-corrected chi connectivity index (χ2v) is 7.79. The molecule has 7 heteroatoms. The Morgan fingerprint density at radius 1 is 1.03 bits per heavy atom. The van der Waals surface area contributed by atoms with E-state index in [2.05, 4.69) is 5.32 Å². The normalized spacial score (nSPS) is 13.9. The van der Waals surface area contributed by atoms with Crippen LogP contribution in [-0.4, -0.2) is 23.8 Å². The SMILES string of the molecule is COc1cccc(NC2=C(c3cccs3)C(=O)N(Cc3ccc(Cl)cc3)C2=O)c1. The summed E-state index contributed by atoms with van der Waals surface area (Å²) >= 11 is 7.36. The van der Waals surface area contributed by atoms with Crippen molar-refractivity contribution in [3.8, 4) is 5.75 Å². The number of ether oxygens (including phenoxy) is 1. The zero-order valence-electron chi connectivity index (χ0n) is 15.5. The van der Waals surface area contributed by atoms with Gasteiger partial charge >= 0.3 is 0 Å². The molecule has 0 saturated heterocycles. The van der Waals surface area contributed by atoms with Gasteiger partial charge in [0.25, 0.3) is 11.8 Å². The van der Waals surface area contributed by atoms with E-state index in [-0.39, 0.29) is 24.1 Å². The molecule has 0 radical (unpaired) electrons. The average Bonchev–Trinajstić information content (AvgIpc) is 3.33. The fourth-order valence-corrected chi connectivity index (χ4v) is 4.00. The number of benzene rings is 2. The largest absolute Gasteiger partial charge is 0.497 e. The molecule has 146 valence electrons. The van der Waals surface area contributed by atoms with Crippen LogP contribution in [0.25, 0.3) is 5.57 Å². The van der Waals surface area contributed by atoms with Gasteiger partial charge in [-0.05, 0) is 41.3 Å². The first kappa shape index (κ1) is 19.2. The fraction of sp³-hybridized carbons (Fsp3) is 0.0909. The van der Waals surface area contributed by atoms with Crippen molar-refractivity contribution in [1.29, 1.82) is 0 Å². The van der Waals surface area contributed by atoms with E-state index in [0.717, 1.165) is 10.4 Å². The zero-order valence-corrected chi connectivity index (χ0v) is 17.1. The van der Waals surface area contributed by atoms with Crippen LogP contribution in [0, 0.1) is 0 Å². The van der Waals surface area contributed by atoms with Crippen molar-refractivity contribution in [1.82, 2.24) is 4.90 Å². The first-order chi connectivity index (χ1) is 14.1. The van der Waals surface area contributed by atoms with Crippen LogP contribution in [-0.2, 0) is 16.1 Å². The highest BCUT2D eigenvalue weighted by Crippen LogP contribution is 2.34. The third-order valence-corrected chi connectivity index (χ3v) is 5.67. The first-order valence-corrected chi connectivity index (χ1v) is 10.1. The lowest BCUT2D eigenvalue weighted by atomic mass is 10.1. The van der Waals surface area contributed by atoms with Gasteiger partial charge in [0.05, 0.1) is 19.2 Å². The fourth-order valence-electron chi connectivity index (χ4n) is 3.10. The number of amides is 2. The number of carbonyl (C=O) groups is 2. The van der Waals surface area contributed by atoms with E-state index < -0.39 is 0 Å². The summed E-state index contributed by atoms with van der Waals surface area (Å²) in [4.78, 5) is 28.3. The van der Waals surface area contributed by atoms with Crippen molar-refractivity contribution in [3.63, 3.8) is 0 Å². The van der Waals surface area contributed by atoms with E-state index in [1.165, 1.54) is 16.2 Å². The van der Waals surface area contributed by atoms with Crippen molar-refractivity contribution in [3.05, 3.63) is 87.2 Å². The van der Waals surface area contributed by atoms with Crippen LogP contribution >= 0.6 is 22.9 Å². The minimum Gasteiger partial charge on any atom is -0.497 e. The lowest BCUT2D eigenvalue weighted by molar-refractivity contribution is -0.137. The predicted octanol–water partition coefficient (Wildman–Crippen LogP) is 4.80. The molecule has 5 nitrogen and oxygen atoms in total. The number of methoxy groups -OCH3 is 1. The van der Waals surface area contributed by atoms with Crippen molar-refractivity contribution in [2.45, 2.75) is 6.54 Å². The minimum atomic E-state index is -0.365. The number of nitrogens with one attached hydrogen (secondary N) is 1. The molecule has 2 heterocycles. The van der Waals surface area contributed by atoms with Crippen LogP contribution in [0.15, 0.2) is 71.7 Å². The summed E-state index contributed by atoms with van der Waals surface area (Å²) in [6.45, 7) is 0.174. The highest BCUT2D eigenvalue weighted by Gasteiger charge is 2.39. The number of hydrogen-bond acceptors (Lipinski definition) is 5. The van der Waals surface area contributed by atoms with Crippen molar-refractivity contribution in [2.75, 3.05) is 12.4 Å². The Morgan fingerprint density at radius 2 is 1.83 bits per heavy atom. The molecule has 2 amide bonds. The molecule has 0 unspecified atom stereocenters. The molecule has 29 heavy (non-hydrogen) atoms. The van der Waals surface area contributed by atoms with Crippen LogP contribution in [0.1, 0.15) is 10.4 Å². The van der Waals surface area contributed by atoms with Gasteiger partial charge in [-0.3, -0.25) is 14.5 Å². The van der Waals surface area contributed by atoms with Gasteiger partial charge in [-0.1, -0.05) is 35.9 Å². The van der Waals surface area contributed by atoms with Gasteiger partial charge < -0.3 is 10.1 Å². The number of rotatable bonds is 6. The predicted molar refractivity (Wildman–Crippen MR) is 115 cm³/mol. The summed E-state index contributed by atoms with van der Waals surface area (Å²) in [5, 5.41) is 5.61. The van der Waals surface area contributed by atoms with E-state index in [9.17, 15) is 9.59 Å². The summed E-state index contributed by atoms with van der Waals surface area (Å²) in [6, 6.07) is 18.0. The second-order valence-electron chi connectivity index (χ2n) is 6.41. The van der Waals surface area contributed by atoms with Crippen LogP contribution in [0.2, 0.25) is 5.02 Å². The molecule has 3 aromatic rings. The summed E-state index contributed by atoms with van der Waals surface area (Å²) in [5.41, 5.74) is 2.13. The molecule has 1 aromatic heterocycles. The molecule has 0 spiro atoms. The number of imide groups is 1. The molecular formula is C22H17ClN2O3S. The Morgan fingerprint density at radius 3 is 2.52 bits per heavy atom. The third kappa shape index (κ3) is 3.90. The molecular weight excluding hydrogens is 408 g/mol. The zero-order chi connectivity index (χ0) is 20.4. The Labute approximate surface area is 177 Å². The van der Waals surface area contributed by atoms with Crippen molar-refractivity contribution in [2.24, 2.45) is 0 Å². The molecule has 1 aliphatic rings. The number of hydrogen-bond donors (Lipinski definition) is 1. The smallest absolute Gasteiger partial charge is 0.278 e. The highest BCUT2D eigenvalue weighted by atomic mass is 35.5. The molecule has 4 rings (SSSR count). The lowest BCUT2D eigenvalue weighted by Gasteiger charge is -2.15. The highest BCUT2D eigenvalue weighted by molar-refractivity contribution is 7.11. The lowest BCUT2D eigenvalue weighted by Crippen LogP contribution is -2.31. The van der Waals surface area contributed by atoms with Crippen LogP contribution in [0.4, 0.5) is 5.69 Å². The number of thiophene rings is 1. The quantitative estimate of drug-likeness (QED) is 0.577. The van der Waals surface area contributed by atoms with Crippen LogP contribution in [0.5, 0.6) is 5.75 Å². The van der Waals surface area contributed by atoms with Gasteiger partial charge in [0.1, 0.15) is 11.4 Å². The van der Waals surface area contributed by atoms with Crippen molar-refractivity contribution >= 4 is 46.0 Å². The molecule has 0 fully saturated rings. The van der Waals surface area contributed by atoms with Crippen LogP contribution < -0.4 is 10.1 Å². The maximum absolute atomic E-state index is 13.2. The Kier molecular flexibility index (Phi) is 5.38. The Balaban J connectivity index is 1.69. The topological polar surface area (TPSA) is 58.6 Å². The summed E-state index contributed by atoms with van der Waals surface area (Å²) in [7, 11) is 1.58. The van der Waals surface area contributed by atoms with Gasteiger partial charge in [-0.15, -0.1) is 11.3 Å². The van der Waals surface area contributed by atoms with Gasteiger partial charge in [0, 0.05) is 21.7 Å². The number of carbonyl (C=O) groups excluding carboxylic acids is 2. The van der Waals surface area contributed by atoms with Gasteiger partial charge in [-0.2, -0.15) is 0 Å². The monoisotopic (exact) mass is 424 g/mol. The number of nitrogens with zero attached hydrogens (tertiary/aromatic N) is 1. The van der Waals surface area contributed by atoms with E-state index in [1.54, 1.807) is 37.4 Å². The first-order valence-electron chi connectivity index (χ1n) is 8.86. The van der Waals surface area contributed by atoms with E-state index in [4.69, 9.17) is 16.3 Å². The second kappa shape index (κ2) is 8.11. The van der Waals surface area contributed by atoms with Gasteiger partial charge in [0.15, 0.2) is 0 Å². The summed E-state index contributed by atoms with van der Waals surface area (Å²) < 4.78 is 5.25. The number of anilines is 1. The van der Waals surface area contributed by atoms with Gasteiger partial charge in [0.2, 0.25) is 0 Å². The molecule has 0 aliphatic carbocycles. The minimum absolute atomic E-state index is 0.174. The molecule has 0 atom stereocenters. The van der Waals surface area contributed by atoms with Crippen LogP contribution in [0.3, 0.4) is 0 Å². The van der Waals surface area contributed by atoms with E-state index in [1.807, 2.05) is 35.7 Å². The number of halogens is 1. The van der Waals surface area contributed by atoms with E-state index in [0.29, 0.717) is 22.0 Å². The summed E-state index contributed by atoms with van der Waals surface area (Å²) in [5.74, 6) is -0.0305. The Bertz CT molecular complexity index is 1090. The molecule has 1 N–H and O–H groups in total. The van der Waals surface area contributed by atoms with Gasteiger partial charge in [-0.25, -0.2) is 0 Å². The Hall–Kier alpha value is -3.09. The standard InChI is InChI=1S/C22H17ClN2O3S/c1-28-17-5-2-4-16(12-17)24-20-19(18-6-3-11-29-18)21(26)25(22(20)27)13-14-7-9-15(23)10-8-14/h2-12,24H,13H2,1H3. The maximum atomic E-state index is 13.2. The molecule has 1 aliphatic heterocycles. The van der Waals surface area contributed by atoms with E-state index >= 15 is 0 Å². The third-order valence-electron chi connectivity index (χ3n) is 4.53. The maximum Gasteiger partial charge on any atom is 0.278 e. The summed E-state index contributed by atoms with van der Waals surface area (Å²) in [6.07, 6.45) is 0. The molecule has 0 bridgehead atoms. The average molecular weight is 425 g/mol. The molecule has 0 saturated carbocycles.